The van der Waals surface area contributed by atoms with Crippen LogP contribution in [0.1, 0.15) is 31.9 Å². The highest BCUT2D eigenvalue weighted by Crippen LogP contribution is 2.30. The zero-order valence-electron chi connectivity index (χ0n) is 16.8. The summed E-state index contributed by atoms with van der Waals surface area (Å²) in [6, 6.07) is 14.8. The normalized spacial score (nSPS) is 11.1. The lowest BCUT2D eigenvalue weighted by Crippen LogP contribution is -2.14. The number of anilines is 1. The third-order valence-corrected chi connectivity index (χ3v) is 3.91. The van der Waals surface area contributed by atoms with E-state index in [1.54, 1.807) is 30.3 Å². The van der Waals surface area contributed by atoms with Crippen LogP contribution in [-0.4, -0.2) is 19.1 Å². The van der Waals surface area contributed by atoms with E-state index in [1.807, 2.05) is 38.1 Å². The molecule has 0 bridgehead atoms. The molecule has 0 spiro atoms. The number of aryl methyl sites for hydroxylation is 1. The van der Waals surface area contributed by atoms with Gasteiger partial charge in [-0.3, -0.25) is 4.79 Å². The van der Waals surface area contributed by atoms with Crippen LogP contribution in [0.5, 0.6) is 11.5 Å². The maximum atomic E-state index is 12.5. The van der Waals surface area contributed by atoms with Crippen LogP contribution in [0.25, 0.3) is 6.08 Å². The van der Waals surface area contributed by atoms with Crippen molar-refractivity contribution in [2.75, 3.05) is 18.5 Å². The van der Waals surface area contributed by atoms with Crippen LogP contribution in [0.3, 0.4) is 0 Å². The molecular formula is C23H26N2O3. The number of benzene rings is 2. The summed E-state index contributed by atoms with van der Waals surface area (Å²) in [6.07, 6.45) is 1.54. The van der Waals surface area contributed by atoms with E-state index in [-0.39, 0.29) is 5.57 Å². The largest absolute Gasteiger partial charge is 0.490 e. The predicted octanol–water partition coefficient (Wildman–Crippen LogP) is 4.97. The molecule has 0 radical (unpaired) electrons. The summed E-state index contributed by atoms with van der Waals surface area (Å²) in [5.74, 6) is 1.18. The Bertz CT molecular complexity index is 895. The van der Waals surface area contributed by atoms with Crippen molar-refractivity contribution >= 4 is 17.7 Å². The summed E-state index contributed by atoms with van der Waals surface area (Å²) < 4.78 is 11.4. The molecule has 0 heterocycles. The highest BCUT2D eigenvalue weighted by molar-refractivity contribution is 6.10. The van der Waals surface area contributed by atoms with Crippen LogP contribution in [0.2, 0.25) is 0 Å². The molecule has 2 aromatic rings. The molecule has 0 aromatic heterocycles. The SMILES string of the molecule is CCOc1cc(/C=C(\C#N)C(=O)Nc2ccccc2C)ccc1OCC(C)C. The van der Waals surface area contributed by atoms with E-state index in [4.69, 9.17) is 9.47 Å². The van der Waals surface area contributed by atoms with Gasteiger partial charge in [0.2, 0.25) is 0 Å². The van der Waals surface area contributed by atoms with E-state index in [9.17, 15) is 10.1 Å². The Kier molecular flexibility index (Phi) is 7.65. The number of hydrogen-bond acceptors (Lipinski definition) is 4. The third-order valence-electron chi connectivity index (χ3n) is 3.91. The molecular weight excluding hydrogens is 352 g/mol. The Hall–Kier alpha value is -3.26. The highest BCUT2D eigenvalue weighted by Gasteiger charge is 2.12. The highest BCUT2D eigenvalue weighted by atomic mass is 16.5. The van der Waals surface area contributed by atoms with Crippen LogP contribution in [0.15, 0.2) is 48.0 Å². The Balaban J connectivity index is 2.25. The molecule has 0 unspecified atom stereocenters. The van der Waals surface area contributed by atoms with E-state index in [0.29, 0.717) is 41.9 Å². The Morgan fingerprint density at radius 3 is 2.57 bits per heavy atom. The molecule has 0 fully saturated rings. The first-order valence-corrected chi connectivity index (χ1v) is 9.33. The Labute approximate surface area is 166 Å². The quantitative estimate of drug-likeness (QED) is 0.520. The number of hydrogen-bond donors (Lipinski definition) is 1. The molecule has 5 heteroatoms. The molecule has 0 aliphatic heterocycles. The van der Waals surface area contributed by atoms with Gasteiger partial charge < -0.3 is 14.8 Å². The predicted molar refractivity (Wildman–Crippen MR) is 111 cm³/mol. The van der Waals surface area contributed by atoms with Crippen molar-refractivity contribution in [1.82, 2.24) is 0 Å². The fraction of sp³-hybridized carbons (Fsp3) is 0.304. The summed E-state index contributed by atoms with van der Waals surface area (Å²) in [7, 11) is 0. The van der Waals surface area contributed by atoms with Gasteiger partial charge in [0, 0.05) is 5.69 Å². The summed E-state index contributed by atoms with van der Waals surface area (Å²) in [4.78, 5) is 12.5. The molecule has 0 aliphatic carbocycles. The molecule has 5 nitrogen and oxygen atoms in total. The lowest BCUT2D eigenvalue weighted by Gasteiger charge is -2.14. The van der Waals surface area contributed by atoms with Crippen molar-refractivity contribution in [2.45, 2.75) is 27.7 Å². The van der Waals surface area contributed by atoms with Gasteiger partial charge in [-0.2, -0.15) is 5.26 Å². The number of para-hydroxylation sites is 1. The Morgan fingerprint density at radius 2 is 1.93 bits per heavy atom. The maximum Gasteiger partial charge on any atom is 0.266 e. The number of amides is 1. The molecule has 2 aromatic carbocycles. The van der Waals surface area contributed by atoms with E-state index in [1.165, 1.54) is 0 Å². The van der Waals surface area contributed by atoms with Crippen molar-refractivity contribution in [3.63, 3.8) is 0 Å². The standard InChI is InChI=1S/C23H26N2O3/c1-5-27-22-13-18(10-11-21(22)28-15-16(2)3)12-19(14-24)23(26)25-20-9-7-6-8-17(20)4/h6-13,16H,5,15H2,1-4H3,(H,25,26)/b19-12+. The van der Waals surface area contributed by atoms with Gasteiger partial charge in [0.15, 0.2) is 11.5 Å². The van der Waals surface area contributed by atoms with Gasteiger partial charge in [-0.05, 0) is 55.2 Å². The van der Waals surface area contributed by atoms with Crippen molar-refractivity contribution in [1.29, 1.82) is 5.26 Å². The minimum absolute atomic E-state index is 0.0153. The van der Waals surface area contributed by atoms with Gasteiger partial charge in [0.25, 0.3) is 5.91 Å². The molecule has 0 atom stereocenters. The average Bonchev–Trinajstić information content (AvgIpc) is 2.67. The van der Waals surface area contributed by atoms with Crippen LogP contribution >= 0.6 is 0 Å². The second-order valence-corrected chi connectivity index (χ2v) is 6.78. The molecule has 1 amide bonds. The zero-order chi connectivity index (χ0) is 20.5. The summed E-state index contributed by atoms with van der Waals surface area (Å²) in [6.45, 7) is 9.01. The lowest BCUT2D eigenvalue weighted by molar-refractivity contribution is -0.112. The summed E-state index contributed by atoms with van der Waals surface area (Å²) >= 11 is 0. The maximum absolute atomic E-state index is 12.5. The van der Waals surface area contributed by atoms with Gasteiger partial charge in [0.1, 0.15) is 11.6 Å². The molecule has 0 aliphatic rings. The van der Waals surface area contributed by atoms with Crippen molar-refractivity contribution in [2.24, 2.45) is 5.92 Å². The minimum Gasteiger partial charge on any atom is -0.490 e. The first kappa shape index (κ1) is 21.0. The van der Waals surface area contributed by atoms with Gasteiger partial charge in [-0.15, -0.1) is 0 Å². The first-order chi connectivity index (χ1) is 13.4. The first-order valence-electron chi connectivity index (χ1n) is 9.33. The number of rotatable bonds is 8. The summed E-state index contributed by atoms with van der Waals surface area (Å²) in [5.41, 5.74) is 2.32. The topological polar surface area (TPSA) is 71.3 Å². The van der Waals surface area contributed by atoms with Gasteiger partial charge in [-0.1, -0.05) is 38.1 Å². The molecule has 0 saturated heterocycles. The van der Waals surface area contributed by atoms with Gasteiger partial charge in [-0.25, -0.2) is 0 Å². The van der Waals surface area contributed by atoms with E-state index >= 15 is 0 Å². The fourth-order valence-corrected chi connectivity index (χ4v) is 2.48. The van der Waals surface area contributed by atoms with Gasteiger partial charge in [0.05, 0.1) is 13.2 Å². The van der Waals surface area contributed by atoms with Crippen LogP contribution in [0.4, 0.5) is 5.69 Å². The number of ether oxygens (including phenoxy) is 2. The molecule has 146 valence electrons. The number of nitrogens with zero attached hydrogens (tertiary/aromatic N) is 1. The number of carbonyl (C=O) groups is 1. The molecule has 0 saturated carbocycles. The van der Waals surface area contributed by atoms with Crippen molar-refractivity contribution < 1.29 is 14.3 Å². The lowest BCUT2D eigenvalue weighted by atomic mass is 10.1. The van der Waals surface area contributed by atoms with Crippen LogP contribution in [-0.2, 0) is 4.79 Å². The molecule has 28 heavy (non-hydrogen) atoms. The van der Waals surface area contributed by atoms with Gasteiger partial charge >= 0.3 is 0 Å². The van der Waals surface area contributed by atoms with Crippen LogP contribution < -0.4 is 14.8 Å². The fourth-order valence-electron chi connectivity index (χ4n) is 2.48. The van der Waals surface area contributed by atoms with Crippen LogP contribution in [0, 0.1) is 24.2 Å². The smallest absolute Gasteiger partial charge is 0.266 e. The zero-order valence-corrected chi connectivity index (χ0v) is 16.8. The second-order valence-electron chi connectivity index (χ2n) is 6.78. The monoisotopic (exact) mass is 378 g/mol. The number of nitriles is 1. The Morgan fingerprint density at radius 1 is 1.18 bits per heavy atom. The van der Waals surface area contributed by atoms with E-state index in [0.717, 1.165) is 5.56 Å². The van der Waals surface area contributed by atoms with Crippen molar-refractivity contribution in [3.8, 4) is 17.6 Å². The van der Waals surface area contributed by atoms with E-state index in [2.05, 4.69) is 19.2 Å². The minimum atomic E-state index is -0.449. The number of nitrogens with one attached hydrogen (secondary N) is 1. The average molecular weight is 378 g/mol. The molecule has 1 N–H and O–H groups in total. The summed E-state index contributed by atoms with van der Waals surface area (Å²) in [5, 5.41) is 12.2. The number of carbonyl (C=O) groups excluding carboxylic acids is 1. The third kappa shape index (κ3) is 5.88. The molecule has 2 rings (SSSR count). The second kappa shape index (κ2) is 10.2. The van der Waals surface area contributed by atoms with E-state index < -0.39 is 5.91 Å². The van der Waals surface area contributed by atoms with Crippen molar-refractivity contribution in [3.05, 3.63) is 59.2 Å².